The highest BCUT2D eigenvalue weighted by Gasteiger charge is 2.39. The SMILES string of the molecule is O=C(N/N=C\c1ccc(OCc2ccccc2)c(Cl)c1)C(O)(c1ccccc1)c1ccccc1. The van der Waals surface area contributed by atoms with Gasteiger partial charge in [-0.3, -0.25) is 4.79 Å². The Morgan fingerprint density at radius 2 is 1.44 bits per heavy atom. The maximum atomic E-state index is 13.1. The molecule has 4 aromatic rings. The molecule has 5 nitrogen and oxygen atoms in total. The smallest absolute Gasteiger partial charge is 0.281 e. The van der Waals surface area contributed by atoms with Gasteiger partial charge in [-0.25, -0.2) is 5.43 Å². The number of hydrogen-bond acceptors (Lipinski definition) is 4. The molecular weight excluding hydrogens is 448 g/mol. The highest BCUT2D eigenvalue weighted by Crippen LogP contribution is 2.30. The van der Waals surface area contributed by atoms with Crippen LogP contribution in [0.25, 0.3) is 0 Å². The van der Waals surface area contributed by atoms with Crippen LogP contribution in [0.1, 0.15) is 22.3 Å². The topological polar surface area (TPSA) is 70.9 Å². The number of hydrazone groups is 1. The number of ether oxygens (including phenoxy) is 1. The third-order valence-electron chi connectivity index (χ3n) is 5.28. The summed E-state index contributed by atoms with van der Waals surface area (Å²) in [6.07, 6.45) is 1.46. The first-order chi connectivity index (χ1) is 16.6. The first-order valence-corrected chi connectivity index (χ1v) is 11.1. The Kier molecular flexibility index (Phi) is 7.38. The van der Waals surface area contributed by atoms with Gasteiger partial charge in [0.1, 0.15) is 12.4 Å². The summed E-state index contributed by atoms with van der Waals surface area (Å²) in [5.41, 5.74) is 3.15. The molecule has 0 aromatic heterocycles. The van der Waals surface area contributed by atoms with Crippen molar-refractivity contribution < 1.29 is 14.6 Å². The van der Waals surface area contributed by atoms with Gasteiger partial charge in [0.15, 0.2) is 5.60 Å². The van der Waals surface area contributed by atoms with Crippen molar-refractivity contribution in [3.8, 4) is 5.75 Å². The van der Waals surface area contributed by atoms with E-state index in [0.717, 1.165) is 5.56 Å². The van der Waals surface area contributed by atoms with Crippen molar-refractivity contribution in [1.82, 2.24) is 5.43 Å². The van der Waals surface area contributed by atoms with Gasteiger partial charge in [-0.05, 0) is 40.5 Å². The summed E-state index contributed by atoms with van der Waals surface area (Å²) in [4.78, 5) is 13.1. The number of nitrogens with zero attached hydrogens (tertiary/aromatic N) is 1. The predicted molar refractivity (Wildman–Crippen MR) is 134 cm³/mol. The van der Waals surface area contributed by atoms with Crippen molar-refractivity contribution >= 4 is 23.7 Å². The molecule has 0 aliphatic heterocycles. The Bertz CT molecular complexity index is 1220. The van der Waals surface area contributed by atoms with Crippen LogP contribution in [-0.4, -0.2) is 17.2 Å². The van der Waals surface area contributed by atoms with Crippen molar-refractivity contribution in [2.24, 2.45) is 5.10 Å². The lowest BCUT2D eigenvalue weighted by Gasteiger charge is -2.27. The number of benzene rings is 4. The van der Waals surface area contributed by atoms with E-state index in [1.807, 2.05) is 42.5 Å². The molecule has 2 N–H and O–H groups in total. The van der Waals surface area contributed by atoms with Crippen LogP contribution in [0.4, 0.5) is 0 Å². The fourth-order valence-electron chi connectivity index (χ4n) is 3.48. The summed E-state index contributed by atoms with van der Waals surface area (Å²) in [6, 6.07) is 32.5. The van der Waals surface area contributed by atoms with Crippen LogP contribution >= 0.6 is 11.6 Å². The Hall–Kier alpha value is -3.93. The van der Waals surface area contributed by atoms with E-state index in [1.54, 1.807) is 66.7 Å². The maximum Gasteiger partial charge on any atom is 0.281 e. The molecule has 6 heteroatoms. The Morgan fingerprint density at radius 3 is 2.00 bits per heavy atom. The van der Waals surface area contributed by atoms with Gasteiger partial charge in [-0.2, -0.15) is 5.10 Å². The Labute approximate surface area is 203 Å². The molecule has 0 fully saturated rings. The molecule has 0 aliphatic carbocycles. The van der Waals surface area contributed by atoms with Gasteiger partial charge in [0.05, 0.1) is 11.2 Å². The van der Waals surface area contributed by atoms with E-state index in [4.69, 9.17) is 16.3 Å². The zero-order valence-electron chi connectivity index (χ0n) is 18.3. The number of nitrogens with one attached hydrogen (secondary N) is 1. The number of carbonyl (C=O) groups is 1. The van der Waals surface area contributed by atoms with Gasteiger partial charge < -0.3 is 9.84 Å². The van der Waals surface area contributed by atoms with Gasteiger partial charge in [0.25, 0.3) is 5.91 Å². The first kappa shape index (κ1) is 23.2. The van der Waals surface area contributed by atoms with Gasteiger partial charge in [-0.15, -0.1) is 0 Å². The highest BCUT2D eigenvalue weighted by atomic mass is 35.5. The number of rotatable bonds is 8. The summed E-state index contributed by atoms with van der Waals surface area (Å²) < 4.78 is 5.78. The Balaban J connectivity index is 1.46. The van der Waals surface area contributed by atoms with Crippen molar-refractivity contribution in [2.45, 2.75) is 12.2 Å². The van der Waals surface area contributed by atoms with E-state index < -0.39 is 11.5 Å². The fraction of sp³-hybridized carbons (Fsp3) is 0.0714. The molecular formula is C28H23ClN2O3. The average molecular weight is 471 g/mol. The lowest BCUT2D eigenvalue weighted by Crippen LogP contribution is -2.43. The van der Waals surface area contributed by atoms with E-state index in [9.17, 15) is 9.90 Å². The molecule has 0 saturated carbocycles. The molecule has 0 unspecified atom stereocenters. The van der Waals surface area contributed by atoms with Crippen LogP contribution in [0.15, 0.2) is 114 Å². The second-order valence-corrected chi connectivity index (χ2v) is 8.01. The second-order valence-electron chi connectivity index (χ2n) is 7.61. The minimum absolute atomic E-state index is 0.404. The standard InChI is InChI=1S/C28H23ClN2O3/c29-25-18-22(16-17-26(25)34-20-21-10-4-1-5-11-21)19-30-31-27(32)28(33,23-12-6-2-7-13-23)24-14-8-3-9-15-24/h1-19,33H,20H2,(H,31,32)/b30-19-. The summed E-state index contributed by atoms with van der Waals surface area (Å²) in [6.45, 7) is 0.404. The zero-order chi connectivity index (χ0) is 23.8. The number of halogens is 1. The lowest BCUT2D eigenvalue weighted by atomic mass is 9.85. The number of hydrogen-bond donors (Lipinski definition) is 2. The first-order valence-electron chi connectivity index (χ1n) is 10.7. The minimum Gasteiger partial charge on any atom is -0.487 e. The third-order valence-corrected chi connectivity index (χ3v) is 5.58. The van der Waals surface area contributed by atoms with Gasteiger partial charge in [0.2, 0.25) is 0 Å². The quantitative estimate of drug-likeness (QED) is 0.271. The van der Waals surface area contributed by atoms with Crippen LogP contribution in [0.5, 0.6) is 5.75 Å². The van der Waals surface area contributed by atoms with Crippen molar-refractivity contribution in [2.75, 3.05) is 0 Å². The molecule has 0 atom stereocenters. The summed E-state index contributed by atoms with van der Waals surface area (Å²) >= 11 is 6.36. The van der Waals surface area contributed by atoms with Crippen LogP contribution in [0.3, 0.4) is 0 Å². The third kappa shape index (κ3) is 5.34. The zero-order valence-corrected chi connectivity index (χ0v) is 19.0. The average Bonchev–Trinajstić information content (AvgIpc) is 2.89. The largest absolute Gasteiger partial charge is 0.487 e. The van der Waals surface area contributed by atoms with E-state index >= 15 is 0 Å². The molecule has 0 heterocycles. The summed E-state index contributed by atoms with van der Waals surface area (Å²) in [5, 5.41) is 15.9. The van der Waals surface area contributed by atoms with E-state index in [0.29, 0.717) is 34.1 Å². The molecule has 0 saturated heterocycles. The van der Waals surface area contributed by atoms with Crippen molar-refractivity contribution in [3.05, 3.63) is 136 Å². The molecule has 4 aromatic carbocycles. The number of carbonyl (C=O) groups excluding carboxylic acids is 1. The molecule has 0 aliphatic rings. The highest BCUT2D eigenvalue weighted by molar-refractivity contribution is 6.32. The monoisotopic (exact) mass is 470 g/mol. The predicted octanol–water partition coefficient (Wildman–Crippen LogP) is 5.31. The molecule has 34 heavy (non-hydrogen) atoms. The molecule has 0 spiro atoms. The van der Waals surface area contributed by atoms with Crippen LogP contribution in [0, 0.1) is 0 Å². The number of amides is 1. The molecule has 0 bridgehead atoms. The van der Waals surface area contributed by atoms with Gasteiger partial charge >= 0.3 is 0 Å². The van der Waals surface area contributed by atoms with Crippen molar-refractivity contribution in [3.63, 3.8) is 0 Å². The van der Waals surface area contributed by atoms with Crippen molar-refractivity contribution in [1.29, 1.82) is 0 Å². The fourth-order valence-corrected chi connectivity index (χ4v) is 3.73. The molecule has 1 amide bonds. The Morgan fingerprint density at radius 1 is 0.882 bits per heavy atom. The minimum atomic E-state index is -1.90. The van der Waals surface area contributed by atoms with E-state index in [2.05, 4.69) is 10.5 Å². The van der Waals surface area contributed by atoms with E-state index in [-0.39, 0.29) is 0 Å². The normalized spacial score (nSPS) is 11.4. The second kappa shape index (κ2) is 10.8. The maximum absolute atomic E-state index is 13.1. The molecule has 170 valence electrons. The number of aliphatic hydroxyl groups is 1. The summed E-state index contributed by atoms with van der Waals surface area (Å²) in [5.74, 6) is -0.121. The van der Waals surface area contributed by atoms with E-state index in [1.165, 1.54) is 6.21 Å². The van der Waals surface area contributed by atoms with Gasteiger partial charge in [-0.1, -0.05) is 103 Å². The van der Waals surface area contributed by atoms with Crippen LogP contribution < -0.4 is 10.2 Å². The molecule has 0 radical (unpaired) electrons. The summed E-state index contributed by atoms with van der Waals surface area (Å²) in [7, 11) is 0. The van der Waals surface area contributed by atoms with Crippen LogP contribution in [0.2, 0.25) is 5.02 Å². The van der Waals surface area contributed by atoms with Gasteiger partial charge in [0, 0.05) is 0 Å². The lowest BCUT2D eigenvalue weighted by molar-refractivity contribution is -0.136. The molecule has 4 rings (SSSR count). The van der Waals surface area contributed by atoms with Crippen LogP contribution in [-0.2, 0) is 17.0 Å².